The number of phenols is 1. The highest BCUT2D eigenvalue weighted by Crippen LogP contribution is 2.47. The van der Waals surface area contributed by atoms with Crippen LogP contribution in [0, 0.1) is 11.7 Å². The summed E-state index contributed by atoms with van der Waals surface area (Å²) in [7, 11) is -4.39. The van der Waals surface area contributed by atoms with E-state index in [9.17, 15) is 33.7 Å². The first kappa shape index (κ1) is 31.4. The molecule has 0 saturated carbocycles. The number of halogens is 1. The zero-order valence-electron chi connectivity index (χ0n) is 24.8. The number of phenolic OH excluding ortho intramolecular Hbond substituents is 1. The normalized spacial score (nSPS) is 17.3. The van der Waals surface area contributed by atoms with Crippen LogP contribution in [0.5, 0.6) is 5.75 Å². The molecule has 9 heteroatoms. The van der Waals surface area contributed by atoms with Crippen molar-refractivity contribution in [3.63, 3.8) is 0 Å². The maximum Gasteiger partial charge on any atom is 0.356 e. The molecule has 4 N–H and O–H groups in total. The zero-order chi connectivity index (χ0) is 32.4. The van der Waals surface area contributed by atoms with Crippen molar-refractivity contribution in [3.8, 4) is 28.0 Å². The molecule has 7 nitrogen and oxygen atoms in total. The summed E-state index contributed by atoms with van der Waals surface area (Å²) in [6.07, 6.45) is 0.180. The van der Waals surface area contributed by atoms with Gasteiger partial charge in [0, 0.05) is 17.7 Å². The summed E-state index contributed by atoms with van der Waals surface area (Å²) in [6.45, 7) is 0. The minimum absolute atomic E-state index is 0.0220. The molecule has 1 aliphatic rings. The Morgan fingerprint density at radius 1 is 0.783 bits per heavy atom. The van der Waals surface area contributed by atoms with E-state index in [1.54, 1.807) is 41.3 Å². The molecule has 0 bridgehead atoms. The number of amides is 1. The van der Waals surface area contributed by atoms with E-state index in [0.29, 0.717) is 40.8 Å². The van der Waals surface area contributed by atoms with Crippen molar-refractivity contribution in [3.05, 3.63) is 138 Å². The van der Waals surface area contributed by atoms with Gasteiger partial charge in [0.25, 0.3) is 0 Å². The first-order valence-electron chi connectivity index (χ1n) is 15.0. The SMILES string of the molecule is O=C1C[C@H](CC[C@H](O)c2ccc(F)cc2)[C@@H](c2ccc(-c3ccc(P(=O)(O)O)cc3)cc2O)N1c1ccc(-c2ccccc2)cc1. The van der Waals surface area contributed by atoms with Crippen molar-refractivity contribution in [2.24, 2.45) is 5.92 Å². The van der Waals surface area contributed by atoms with E-state index < -0.39 is 19.7 Å². The third kappa shape index (κ3) is 6.66. The second kappa shape index (κ2) is 13.0. The van der Waals surface area contributed by atoms with Gasteiger partial charge in [0.1, 0.15) is 11.6 Å². The van der Waals surface area contributed by atoms with Crippen LogP contribution < -0.4 is 10.2 Å². The van der Waals surface area contributed by atoms with E-state index in [-0.39, 0.29) is 35.1 Å². The van der Waals surface area contributed by atoms with Crippen molar-refractivity contribution in [2.45, 2.75) is 31.4 Å². The molecule has 0 unspecified atom stereocenters. The minimum atomic E-state index is -4.39. The molecule has 0 aliphatic carbocycles. The molecule has 1 fully saturated rings. The first-order valence-corrected chi connectivity index (χ1v) is 16.6. The number of anilines is 1. The molecule has 5 aromatic carbocycles. The van der Waals surface area contributed by atoms with E-state index in [1.165, 1.54) is 24.3 Å². The lowest BCUT2D eigenvalue weighted by molar-refractivity contribution is -0.117. The summed E-state index contributed by atoms with van der Waals surface area (Å²) in [4.78, 5) is 34.3. The van der Waals surface area contributed by atoms with Crippen LogP contribution in [0.4, 0.5) is 10.1 Å². The lowest BCUT2D eigenvalue weighted by Gasteiger charge is -2.30. The highest BCUT2D eigenvalue weighted by Gasteiger charge is 2.42. The van der Waals surface area contributed by atoms with Crippen molar-refractivity contribution in [1.82, 2.24) is 0 Å². The summed E-state index contributed by atoms with van der Waals surface area (Å²) in [5.74, 6) is -0.750. The molecule has 6 rings (SSSR count). The largest absolute Gasteiger partial charge is 0.508 e. The highest BCUT2D eigenvalue weighted by atomic mass is 31.2. The number of hydrogen-bond acceptors (Lipinski definition) is 4. The van der Waals surface area contributed by atoms with E-state index in [2.05, 4.69) is 0 Å². The molecule has 5 aromatic rings. The predicted molar refractivity (Wildman–Crippen MR) is 176 cm³/mol. The van der Waals surface area contributed by atoms with Gasteiger partial charge in [-0.15, -0.1) is 0 Å². The number of rotatable bonds is 9. The van der Waals surface area contributed by atoms with Gasteiger partial charge in [-0.05, 0) is 89.0 Å². The maximum absolute atomic E-state index is 13.7. The van der Waals surface area contributed by atoms with Crippen LogP contribution in [0.25, 0.3) is 22.3 Å². The molecule has 1 amide bonds. The molecular formula is C37H33FNO6P. The Morgan fingerprint density at radius 2 is 1.37 bits per heavy atom. The number of hydrogen-bond donors (Lipinski definition) is 4. The van der Waals surface area contributed by atoms with Crippen LogP contribution in [-0.4, -0.2) is 25.9 Å². The van der Waals surface area contributed by atoms with E-state index in [1.807, 2.05) is 60.7 Å². The first-order chi connectivity index (χ1) is 22.1. The fourth-order valence-corrected chi connectivity index (χ4v) is 6.79. The van der Waals surface area contributed by atoms with Crippen molar-refractivity contribution in [1.29, 1.82) is 0 Å². The van der Waals surface area contributed by atoms with Gasteiger partial charge in [-0.1, -0.05) is 78.9 Å². The number of aliphatic hydroxyl groups excluding tert-OH is 1. The molecule has 0 radical (unpaired) electrons. The Hall–Kier alpha value is -4.59. The van der Waals surface area contributed by atoms with Crippen LogP contribution in [0.3, 0.4) is 0 Å². The molecule has 0 aromatic heterocycles. The number of aliphatic hydroxyl groups is 1. The van der Waals surface area contributed by atoms with Gasteiger partial charge in [0.2, 0.25) is 5.91 Å². The zero-order valence-corrected chi connectivity index (χ0v) is 25.7. The minimum Gasteiger partial charge on any atom is -0.508 e. The Labute approximate surface area is 266 Å². The fourth-order valence-electron chi connectivity index (χ4n) is 6.25. The van der Waals surface area contributed by atoms with Crippen LogP contribution in [0.1, 0.15) is 42.5 Å². The summed E-state index contributed by atoms with van der Waals surface area (Å²) in [6, 6.07) is 33.9. The standard InChI is InChI=1S/C37H33FNO6P/c38-30-14-6-27(7-15-30)34(40)21-13-29-23-36(42)39(31-16-8-25(9-17-31)24-4-2-1-3-5-24)37(29)33-20-12-28(22-35(33)41)26-10-18-32(19-11-26)46(43,44)45/h1-12,14-20,22,29,34,37,40-41H,13,21,23H2,(H2,43,44,45)/t29-,34-,37-/m0/s1. The molecule has 1 aliphatic heterocycles. The monoisotopic (exact) mass is 637 g/mol. The van der Waals surface area contributed by atoms with E-state index in [0.717, 1.165) is 11.1 Å². The number of carbonyl (C=O) groups is 1. The van der Waals surface area contributed by atoms with Gasteiger partial charge in [0.05, 0.1) is 17.5 Å². The summed E-state index contributed by atoms with van der Waals surface area (Å²) >= 11 is 0. The number of carbonyl (C=O) groups excluding carboxylic acids is 1. The van der Waals surface area contributed by atoms with Crippen LogP contribution in [-0.2, 0) is 9.36 Å². The lowest BCUT2D eigenvalue weighted by Crippen LogP contribution is -2.29. The van der Waals surface area contributed by atoms with Gasteiger partial charge in [-0.3, -0.25) is 9.36 Å². The van der Waals surface area contributed by atoms with Gasteiger partial charge in [-0.2, -0.15) is 0 Å². The van der Waals surface area contributed by atoms with Crippen LogP contribution >= 0.6 is 7.60 Å². The van der Waals surface area contributed by atoms with Crippen LogP contribution in [0.2, 0.25) is 0 Å². The quantitative estimate of drug-likeness (QED) is 0.126. The van der Waals surface area contributed by atoms with Crippen molar-refractivity contribution < 1.29 is 33.7 Å². The summed E-state index contributed by atoms with van der Waals surface area (Å²) in [5.41, 5.74) is 5.19. The molecule has 234 valence electrons. The molecule has 0 spiro atoms. The third-order valence-electron chi connectivity index (χ3n) is 8.63. The third-order valence-corrected chi connectivity index (χ3v) is 9.61. The summed E-state index contributed by atoms with van der Waals surface area (Å²) in [5, 5.41) is 22.2. The summed E-state index contributed by atoms with van der Waals surface area (Å²) < 4.78 is 25.1. The average Bonchev–Trinajstić information content (AvgIpc) is 3.39. The van der Waals surface area contributed by atoms with Gasteiger partial charge in [-0.25, -0.2) is 4.39 Å². The maximum atomic E-state index is 13.7. The van der Waals surface area contributed by atoms with E-state index >= 15 is 0 Å². The van der Waals surface area contributed by atoms with Gasteiger partial charge >= 0.3 is 7.60 Å². The van der Waals surface area contributed by atoms with Gasteiger partial charge < -0.3 is 24.9 Å². The van der Waals surface area contributed by atoms with Crippen molar-refractivity contribution >= 4 is 24.5 Å². The van der Waals surface area contributed by atoms with Crippen LogP contribution in [0.15, 0.2) is 121 Å². The molecule has 3 atom stereocenters. The number of benzene rings is 5. The smallest absolute Gasteiger partial charge is 0.356 e. The molecule has 1 heterocycles. The Morgan fingerprint density at radius 3 is 2.00 bits per heavy atom. The number of nitrogens with zero attached hydrogens (tertiary/aromatic N) is 1. The second-order valence-corrected chi connectivity index (χ2v) is 13.2. The highest BCUT2D eigenvalue weighted by molar-refractivity contribution is 7.60. The lowest BCUT2D eigenvalue weighted by atomic mass is 9.86. The number of aromatic hydroxyl groups is 1. The average molecular weight is 638 g/mol. The van der Waals surface area contributed by atoms with Gasteiger partial charge in [0.15, 0.2) is 0 Å². The molecule has 1 saturated heterocycles. The molecular weight excluding hydrogens is 604 g/mol. The van der Waals surface area contributed by atoms with Crippen molar-refractivity contribution in [2.75, 3.05) is 4.90 Å². The van der Waals surface area contributed by atoms with E-state index in [4.69, 9.17) is 0 Å². The Kier molecular flexibility index (Phi) is 8.89. The fraction of sp³-hybridized carbons (Fsp3) is 0.162. The predicted octanol–water partition coefficient (Wildman–Crippen LogP) is 7.28. The Balaban J connectivity index is 1.32. The molecule has 46 heavy (non-hydrogen) atoms. The topological polar surface area (TPSA) is 118 Å². The Bertz CT molecular complexity index is 1880. The second-order valence-electron chi connectivity index (χ2n) is 11.6.